The quantitative estimate of drug-likeness (QED) is 0.635. The van der Waals surface area contributed by atoms with E-state index in [4.69, 9.17) is 0 Å². The van der Waals surface area contributed by atoms with Crippen LogP contribution in [0.1, 0.15) is 37.2 Å². The van der Waals surface area contributed by atoms with E-state index in [0.717, 1.165) is 36.8 Å². The Hall–Kier alpha value is -1.97. The molecule has 1 aromatic rings. The molecule has 0 spiro atoms. The van der Waals surface area contributed by atoms with E-state index in [0.29, 0.717) is 0 Å². The lowest BCUT2D eigenvalue weighted by molar-refractivity contribution is -0.134. The number of allylic oxidation sites excluding steroid dienone is 1. The number of ether oxygens (including phenoxy) is 1. The van der Waals surface area contributed by atoms with Crippen LogP contribution in [-0.2, 0) is 9.53 Å². The maximum atomic E-state index is 11.2. The number of carbonyl (C=O) groups is 1. The third kappa shape index (κ3) is 3.28. The van der Waals surface area contributed by atoms with E-state index in [9.17, 15) is 15.0 Å². The molecule has 1 aliphatic rings. The molecule has 2 rings (SSSR count). The van der Waals surface area contributed by atoms with Crippen molar-refractivity contribution in [3.63, 3.8) is 0 Å². The van der Waals surface area contributed by atoms with Gasteiger partial charge in [0.15, 0.2) is 0 Å². The van der Waals surface area contributed by atoms with Crippen LogP contribution >= 0.6 is 0 Å². The summed E-state index contributed by atoms with van der Waals surface area (Å²) in [6.07, 6.45) is 5.01. The summed E-state index contributed by atoms with van der Waals surface area (Å²) in [4.78, 5) is 11.2. The lowest BCUT2D eigenvalue weighted by Crippen LogP contribution is -2.08. The van der Waals surface area contributed by atoms with E-state index in [2.05, 4.69) is 4.74 Å². The topological polar surface area (TPSA) is 66.8 Å². The standard InChI is InChI=1S/C15H18O4/c1-19-15(18)8-10-2-4-11(5-3-10)13-7-6-12(16)9-14(13)17/h6-9,11,16-17H,2-5H2,1H3. The molecule has 19 heavy (non-hydrogen) atoms. The summed E-state index contributed by atoms with van der Waals surface area (Å²) in [5, 5.41) is 19.1. The molecule has 1 aromatic carbocycles. The van der Waals surface area contributed by atoms with E-state index < -0.39 is 0 Å². The van der Waals surface area contributed by atoms with Crippen LogP contribution in [0, 0.1) is 0 Å². The van der Waals surface area contributed by atoms with Crippen LogP contribution in [0.3, 0.4) is 0 Å². The largest absolute Gasteiger partial charge is 0.508 e. The first-order valence-corrected chi connectivity index (χ1v) is 6.39. The number of hydrogen-bond donors (Lipinski definition) is 2. The van der Waals surface area contributed by atoms with Gasteiger partial charge in [-0.2, -0.15) is 0 Å². The molecule has 1 saturated carbocycles. The van der Waals surface area contributed by atoms with Gasteiger partial charge in [-0.3, -0.25) is 0 Å². The Bertz CT molecular complexity index is 495. The fourth-order valence-corrected chi connectivity index (χ4v) is 2.55. The maximum absolute atomic E-state index is 11.2. The van der Waals surface area contributed by atoms with E-state index in [-0.39, 0.29) is 23.4 Å². The van der Waals surface area contributed by atoms with Crippen LogP contribution in [0.2, 0.25) is 0 Å². The molecule has 0 bridgehead atoms. The van der Waals surface area contributed by atoms with Crippen molar-refractivity contribution in [2.45, 2.75) is 31.6 Å². The van der Waals surface area contributed by atoms with Crippen molar-refractivity contribution in [1.82, 2.24) is 0 Å². The summed E-state index contributed by atoms with van der Waals surface area (Å²) in [6, 6.07) is 4.73. The minimum Gasteiger partial charge on any atom is -0.508 e. The fourth-order valence-electron chi connectivity index (χ4n) is 2.55. The minimum absolute atomic E-state index is 0.0725. The molecule has 0 saturated heterocycles. The first-order valence-electron chi connectivity index (χ1n) is 6.39. The first kappa shape index (κ1) is 13.5. The molecule has 0 aliphatic heterocycles. The molecule has 0 heterocycles. The summed E-state index contributed by atoms with van der Waals surface area (Å²) < 4.78 is 4.61. The maximum Gasteiger partial charge on any atom is 0.330 e. The second-order valence-electron chi connectivity index (χ2n) is 4.84. The zero-order chi connectivity index (χ0) is 13.8. The number of rotatable bonds is 2. The minimum atomic E-state index is -0.305. The third-order valence-electron chi connectivity index (χ3n) is 3.60. The van der Waals surface area contributed by atoms with E-state index >= 15 is 0 Å². The number of esters is 1. The number of aromatic hydroxyl groups is 2. The predicted octanol–water partition coefficient (Wildman–Crippen LogP) is 2.85. The summed E-state index contributed by atoms with van der Waals surface area (Å²) in [5.41, 5.74) is 1.97. The van der Waals surface area contributed by atoms with Gasteiger partial charge in [0.1, 0.15) is 11.5 Å². The summed E-state index contributed by atoms with van der Waals surface area (Å²) in [6.45, 7) is 0. The summed E-state index contributed by atoms with van der Waals surface area (Å²) in [5.74, 6) is 0.185. The van der Waals surface area contributed by atoms with Crippen molar-refractivity contribution in [2.75, 3.05) is 7.11 Å². The zero-order valence-electron chi connectivity index (χ0n) is 10.9. The Morgan fingerprint density at radius 1 is 1.32 bits per heavy atom. The van der Waals surface area contributed by atoms with Gasteiger partial charge in [0, 0.05) is 12.1 Å². The SMILES string of the molecule is COC(=O)C=C1CCC(c2ccc(O)cc2O)CC1. The Morgan fingerprint density at radius 2 is 2.00 bits per heavy atom. The number of phenolic OH excluding ortho intramolecular Hbond substituents is 2. The van der Waals surface area contributed by atoms with Crippen LogP contribution in [0.25, 0.3) is 0 Å². The van der Waals surface area contributed by atoms with Gasteiger partial charge in [-0.25, -0.2) is 4.79 Å². The molecule has 0 amide bonds. The molecule has 102 valence electrons. The van der Waals surface area contributed by atoms with Gasteiger partial charge in [0.05, 0.1) is 7.11 Å². The molecule has 2 N–H and O–H groups in total. The first-order chi connectivity index (χ1) is 9.10. The molecule has 4 heteroatoms. The number of hydrogen-bond acceptors (Lipinski definition) is 4. The fraction of sp³-hybridized carbons (Fsp3) is 0.400. The van der Waals surface area contributed by atoms with Crippen molar-refractivity contribution in [3.8, 4) is 11.5 Å². The van der Waals surface area contributed by atoms with E-state index in [1.807, 2.05) is 0 Å². The highest BCUT2D eigenvalue weighted by Crippen LogP contribution is 2.39. The molecule has 0 atom stereocenters. The molecule has 1 aliphatic carbocycles. The molecule has 0 unspecified atom stereocenters. The highest BCUT2D eigenvalue weighted by molar-refractivity contribution is 5.82. The van der Waals surface area contributed by atoms with Crippen LogP contribution in [-0.4, -0.2) is 23.3 Å². The lowest BCUT2D eigenvalue weighted by atomic mass is 9.81. The highest BCUT2D eigenvalue weighted by atomic mass is 16.5. The Balaban J connectivity index is 2.04. The zero-order valence-corrected chi connectivity index (χ0v) is 10.9. The monoisotopic (exact) mass is 262 g/mol. The third-order valence-corrected chi connectivity index (χ3v) is 3.60. The van der Waals surface area contributed by atoms with Crippen LogP contribution < -0.4 is 0 Å². The van der Waals surface area contributed by atoms with Crippen LogP contribution in [0.15, 0.2) is 29.8 Å². The van der Waals surface area contributed by atoms with Gasteiger partial charge >= 0.3 is 5.97 Å². The molecular formula is C15H18O4. The lowest BCUT2D eigenvalue weighted by Gasteiger charge is -2.24. The molecule has 0 aromatic heterocycles. The summed E-state index contributed by atoms with van der Waals surface area (Å²) in [7, 11) is 1.37. The molecular weight excluding hydrogens is 244 g/mol. The van der Waals surface area contributed by atoms with Crippen molar-refractivity contribution < 1.29 is 19.7 Å². The second kappa shape index (κ2) is 5.78. The number of methoxy groups -OCH3 is 1. The molecule has 1 fully saturated rings. The number of phenols is 2. The van der Waals surface area contributed by atoms with Crippen molar-refractivity contribution in [2.24, 2.45) is 0 Å². The van der Waals surface area contributed by atoms with Crippen LogP contribution in [0.5, 0.6) is 11.5 Å². The van der Waals surface area contributed by atoms with Crippen molar-refractivity contribution in [3.05, 3.63) is 35.4 Å². The van der Waals surface area contributed by atoms with Gasteiger partial charge in [0.25, 0.3) is 0 Å². The normalized spacial score (nSPS) is 19.0. The van der Waals surface area contributed by atoms with Crippen molar-refractivity contribution >= 4 is 5.97 Å². The molecule has 4 nitrogen and oxygen atoms in total. The Labute approximate surface area is 112 Å². The number of benzene rings is 1. The Kier molecular flexibility index (Phi) is 4.10. The predicted molar refractivity (Wildman–Crippen MR) is 71.1 cm³/mol. The number of carbonyl (C=O) groups excluding carboxylic acids is 1. The van der Waals surface area contributed by atoms with Crippen LogP contribution in [0.4, 0.5) is 0 Å². The van der Waals surface area contributed by atoms with Gasteiger partial charge in [-0.1, -0.05) is 11.6 Å². The molecule has 0 radical (unpaired) electrons. The van der Waals surface area contributed by atoms with Gasteiger partial charge in [0.2, 0.25) is 0 Å². The highest BCUT2D eigenvalue weighted by Gasteiger charge is 2.21. The average molecular weight is 262 g/mol. The Morgan fingerprint density at radius 3 is 2.58 bits per heavy atom. The summed E-state index contributed by atoms with van der Waals surface area (Å²) >= 11 is 0. The van der Waals surface area contributed by atoms with Gasteiger partial charge in [-0.05, 0) is 43.2 Å². The van der Waals surface area contributed by atoms with E-state index in [1.54, 1.807) is 18.2 Å². The average Bonchev–Trinajstić information content (AvgIpc) is 2.40. The van der Waals surface area contributed by atoms with Gasteiger partial charge < -0.3 is 14.9 Å². The van der Waals surface area contributed by atoms with Gasteiger partial charge in [-0.15, -0.1) is 0 Å². The van der Waals surface area contributed by atoms with E-state index in [1.165, 1.54) is 13.2 Å². The van der Waals surface area contributed by atoms with Crippen molar-refractivity contribution in [1.29, 1.82) is 0 Å². The second-order valence-corrected chi connectivity index (χ2v) is 4.84. The smallest absolute Gasteiger partial charge is 0.330 e.